The summed E-state index contributed by atoms with van der Waals surface area (Å²) in [5.41, 5.74) is 4.18. The Hall–Kier alpha value is -8.26. The Morgan fingerprint density at radius 1 is 0.584 bits per heavy atom. The summed E-state index contributed by atoms with van der Waals surface area (Å²) in [6.07, 6.45) is 14.9. The van der Waals surface area contributed by atoms with Gasteiger partial charge in [0.1, 0.15) is 28.6 Å². The average molecular weight is 1050 g/mol. The van der Waals surface area contributed by atoms with E-state index in [9.17, 15) is 19.7 Å². The first-order valence-corrected chi connectivity index (χ1v) is 26.5. The third-order valence-corrected chi connectivity index (χ3v) is 12.4. The van der Waals surface area contributed by atoms with Gasteiger partial charge in [0.15, 0.2) is 11.5 Å². The van der Waals surface area contributed by atoms with Crippen molar-refractivity contribution in [1.82, 2.24) is 0 Å². The summed E-state index contributed by atoms with van der Waals surface area (Å²) in [4.78, 5) is 41.4. The molecule has 404 valence electrons. The second-order valence-electron chi connectivity index (χ2n) is 19.1. The molecule has 0 amide bonds. The summed E-state index contributed by atoms with van der Waals surface area (Å²) in [6, 6.07) is 34.8. The van der Waals surface area contributed by atoms with Gasteiger partial charge in [0, 0.05) is 32.3 Å². The van der Waals surface area contributed by atoms with Crippen molar-refractivity contribution in [3.05, 3.63) is 168 Å². The van der Waals surface area contributed by atoms with Crippen molar-refractivity contribution in [1.29, 1.82) is 0 Å². The van der Waals surface area contributed by atoms with Crippen LogP contribution in [0.4, 0.5) is 22.7 Å². The van der Waals surface area contributed by atoms with Gasteiger partial charge < -0.3 is 33.3 Å². The molecule has 0 fully saturated rings. The molecule has 0 bridgehead atoms. The van der Waals surface area contributed by atoms with Crippen LogP contribution in [0.3, 0.4) is 0 Å². The number of hydrogen-bond acceptors (Lipinski definition) is 13. The lowest BCUT2D eigenvalue weighted by Gasteiger charge is -2.22. The van der Waals surface area contributed by atoms with E-state index in [1.165, 1.54) is 44.6 Å². The predicted molar refractivity (Wildman–Crippen MR) is 305 cm³/mol. The van der Waals surface area contributed by atoms with E-state index in [2.05, 4.69) is 30.3 Å². The average Bonchev–Trinajstić information content (AvgIpc) is 3.44. The third kappa shape index (κ3) is 17.7. The third-order valence-electron chi connectivity index (χ3n) is 12.4. The molecule has 1 atom stereocenters. The van der Waals surface area contributed by atoms with Crippen molar-refractivity contribution >= 4 is 34.7 Å². The fourth-order valence-corrected chi connectivity index (χ4v) is 8.16. The number of ether oxygens (including phenoxy) is 6. The van der Waals surface area contributed by atoms with Crippen molar-refractivity contribution < 1.29 is 42.9 Å². The lowest BCUT2D eigenvalue weighted by Crippen LogP contribution is -2.16. The van der Waals surface area contributed by atoms with E-state index >= 15 is 0 Å². The number of carbonyl (C=O) groups excluding carboxylic acids is 2. The molecule has 77 heavy (non-hydrogen) atoms. The molecule has 0 aliphatic heterocycles. The number of carbonyl (C=O) groups is 2. The molecule has 0 N–H and O–H groups in total. The van der Waals surface area contributed by atoms with Gasteiger partial charge in [-0.15, -0.1) is 23.4 Å². The van der Waals surface area contributed by atoms with Crippen LogP contribution in [0.1, 0.15) is 119 Å². The molecule has 6 aromatic carbocycles. The van der Waals surface area contributed by atoms with Crippen LogP contribution >= 0.6 is 0 Å². The van der Waals surface area contributed by atoms with Gasteiger partial charge >= 0.3 is 17.6 Å². The highest BCUT2D eigenvalue weighted by molar-refractivity contribution is 5.93. The number of nitrogens with zero attached hydrogens (tertiary/aromatic N) is 4. The Morgan fingerprint density at radius 2 is 1.05 bits per heavy atom. The van der Waals surface area contributed by atoms with Gasteiger partial charge in [0.05, 0.1) is 53.2 Å². The molecule has 0 radical (unpaired) electrons. The van der Waals surface area contributed by atoms with Crippen LogP contribution in [0, 0.1) is 10.1 Å². The van der Waals surface area contributed by atoms with Crippen LogP contribution in [0.25, 0.3) is 22.3 Å². The molecular formula is C63H72N4O10. The maximum Gasteiger partial charge on any atom is 0.343 e. The summed E-state index contributed by atoms with van der Waals surface area (Å²) in [6.45, 7) is 16.4. The topological polar surface area (TPSA) is 161 Å². The molecule has 0 aromatic heterocycles. The van der Waals surface area contributed by atoms with E-state index in [0.29, 0.717) is 31.1 Å². The number of azo groups is 1. The molecule has 6 rings (SSSR count). The van der Waals surface area contributed by atoms with E-state index in [0.717, 1.165) is 65.5 Å². The molecule has 0 saturated heterocycles. The summed E-state index contributed by atoms with van der Waals surface area (Å²) in [5, 5.41) is 21.6. The fraction of sp³-hybridized carbons (Fsp3) is 0.333. The monoisotopic (exact) mass is 1040 g/mol. The van der Waals surface area contributed by atoms with Gasteiger partial charge in [-0.2, -0.15) is 0 Å². The van der Waals surface area contributed by atoms with Gasteiger partial charge in [-0.25, -0.2) is 9.59 Å². The SMILES string of the molecule is C=CCCOc1ccc(-c2ccc(C(=O)Oc3cc(N(C)C)c(O[C@@H](C)CCC=C)cc3/N=N/c3cc(OC(=O)c4ccc(-c5ccc(OCCCCCCCCCC)cc5)cc4)c([N+](=O)[O-])cc3OC(C)C)cc2)cc1. The van der Waals surface area contributed by atoms with Crippen molar-refractivity contribution in [2.75, 3.05) is 32.2 Å². The molecule has 0 unspecified atom stereocenters. The van der Waals surface area contributed by atoms with Crippen molar-refractivity contribution in [2.45, 2.75) is 111 Å². The zero-order chi connectivity index (χ0) is 55.1. The highest BCUT2D eigenvalue weighted by atomic mass is 16.6. The molecule has 0 spiro atoms. The zero-order valence-electron chi connectivity index (χ0n) is 45.3. The van der Waals surface area contributed by atoms with Crippen LogP contribution in [-0.2, 0) is 0 Å². The number of benzene rings is 6. The Balaban J connectivity index is 1.24. The van der Waals surface area contributed by atoms with Crippen LogP contribution in [-0.4, -0.2) is 56.4 Å². The number of allylic oxidation sites excluding steroid dienone is 1. The summed E-state index contributed by atoms with van der Waals surface area (Å²) in [5.74, 6) is 0.131. The van der Waals surface area contributed by atoms with E-state index < -0.39 is 28.7 Å². The first kappa shape index (κ1) is 58.0. The van der Waals surface area contributed by atoms with Crippen molar-refractivity contribution in [3.63, 3.8) is 0 Å². The Bertz CT molecular complexity index is 2920. The maximum absolute atomic E-state index is 13.9. The number of nitro groups is 1. The number of unbranched alkanes of at least 4 members (excludes halogenated alkanes) is 7. The standard InChI is InChI=1S/C63H72N4O10/c1-9-12-15-16-17-18-19-20-39-73-53-36-32-49(33-37-53)47-24-28-51(29-25-47)63(69)77-61-41-54(58(74-44(4)5)43-57(61)67(70)71)64-65-55-40-60(75-45(6)21-13-10-2)56(66(7)8)42-59(55)76-62(68)50-26-22-46(23-27-50)48-30-34-52(35-31-48)72-38-14-11-3/h10-11,22-37,40-45H,2-3,9,12-21,38-39H2,1,4-8H3/b65-64+/t45-/m0/s1. The number of nitro benzene ring substituents is 1. The fourth-order valence-electron chi connectivity index (χ4n) is 8.16. The normalized spacial score (nSPS) is 11.5. The molecule has 14 heteroatoms. The number of hydrogen-bond donors (Lipinski definition) is 0. The summed E-state index contributed by atoms with van der Waals surface area (Å²) in [7, 11) is 3.66. The minimum absolute atomic E-state index is 0.00267. The maximum atomic E-state index is 13.9. The molecular weight excluding hydrogens is 973 g/mol. The van der Waals surface area contributed by atoms with Crippen LogP contribution in [0.5, 0.6) is 34.5 Å². The van der Waals surface area contributed by atoms with Gasteiger partial charge in [0.2, 0.25) is 5.75 Å². The lowest BCUT2D eigenvalue weighted by molar-refractivity contribution is -0.385. The van der Waals surface area contributed by atoms with Gasteiger partial charge in [-0.05, 0) is 117 Å². The number of esters is 2. The molecule has 6 aromatic rings. The minimum atomic E-state index is -0.832. The van der Waals surface area contributed by atoms with Crippen LogP contribution < -0.4 is 33.3 Å². The largest absolute Gasteiger partial charge is 0.494 e. The van der Waals surface area contributed by atoms with E-state index in [-0.39, 0.29) is 45.9 Å². The number of rotatable bonds is 31. The molecule has 0 saturated carbocycles. The second-order valence-corrected chi connectivity index (χ2v) is 19.1. The van der Waals surface area contributed by atoms with E-state index in [1.807, 2.05) is 92.7 Å². The molecule has 0 aliphatic carbocycles. The highest BCUT2D eigenvalue weighted by Crippen LogP contribution is 2.45. The minimum Gasteiger partial charge on any atom is -0.494 e. The Morgan fingerprint density at radius 3 is 1.55 bits per heavy atom. The lowest BCUT2D eigenvalue weighted by atomic mass is 10.0. The Kier molecular flexibility index (Phi) is 22.4. The van der Waals surface area contributed by atoms with Crippen LogP contribution in [0.15, 0.2) is 157 Å². The first-order valence-electron chi connectivity index (χ1n) is 26.5. The van der Waals surface area contributed by atoms with Crippen LogP contribution in [0.2, 0.25) is 0 Å². The first-order chi connectivity index (χ1) is 37.3. The van der Waals surface area contributed by atoms with Gasteiger partial charge in [-0.3, -0.25) is 10.1 Å². The van der Waals surface area contributed by atoms with Crippen molar-refractivity contribution in [3.8, 4) is 56.8 Å². The Labute approximate surface area is 453 Å². The predicted octanol–water partition coefficient (Wildman–Crippen LogP) is 16.8. The zero-order valence-corrected chi connectivity index (χ0v) is 45.3. The molecule has 14 nitrogen and oxygen atoms in total. The summed E-state index contributed by atoms with van der Waals surface area (Å²) >= 11 is 0. The smallest absolute Gasteiger partial charge is 0.343 e. The van der Waals surface area contributed by atoms with Gasteiger partial charge in [-0.1, -0.05) is 113 Å². The number of anilines is 1. The van der Waals surface area contributed by atoms with E-state index in [4.69, 9.17) is 28.4 Å². The highest BCUT2D eigenvalue weighted by Gasteiger charge is 2.25. The van der Waals surface area contributed by atoms with Gasteiger partial charge in [0.25, 0.3) is 0 Å². The second kappa shape index (κ2) is 29.7. The molecule has 0 heterocycles. The summed E-state index contributed by atoms with van der Waals surface area (Å²) < 4.78 is 36.0. The van der Waals surface area contributed by atoms with E-state index in [1.54, 1.807) is 68.5 Å². The quantitative estimate of drug-likeness (QED) is 0.00775. The molecule has 0 aliphatic rings. The van der Waals surface area contributed by atoms with Crippen molar-refractivity contribution in [2.24, 2.45) is 10.2 Å².